The molecule has 0 bridgehead atoms. The van der Waals surface area contributed by atoms with Gasteiger partial charge in [-0.3, -0.25) is 0 Å². The molecule has 1 fully saturated rings. The monoisotopic (exact) mass is 198 g/mol. The van der Waals surface area contributed by atoms with E-state index in [9.17, 15) is 0 Å². The first-order chi connectivity index (χ1) is 6.58. The van der Waals surface area contributed by atoms with E-state index in [1.54, 1.807) is 0 Å². The van der Waals surface area contributed by atoms with E-state index in [0.717, 1.165) is 12.5 Å². The first kappa shape index (κ1) is 12.0. The number of unbranched alkanes of at least 4 members (excludes halogenated alkanes) is 1. The third-order valence-electron chi connectivity index (χ3n) is 3.02. The Balaban J connectivity index is 1.89. The van der Waals surface area contributed by atoms with Crippen LogP contribution in [0.1, 0.15) is 65.7 Å². The van der Waals surface area contributed by atoms with E-state index in [4.69, 9.17) is 4.74 Å². The van der Waals surface area contributed by atoms with E-state index >= 15 is 0 Å². The van der Waals surface area contributed by atoms with Crippen molar-refractivity contribution in [2.24, 2.45) is 5.92 Å². The molecule has 1 nitrogen and oxygen atoms in total. The molecule has 0 radical (unpaired) electrons. The van der Waals surface area contributed by atoms with E-state index in [-0.39, 0.29) is 5.60 Å². The SMILES string of the molecule is CC(C)(C)OCCCCC1CCCC1. The van der Waals surface area contributed by atoms with Crippen molar-refractivity contribution in [3.63, 3.8) is 0 Å². The van der Waals surface area contributed by atoms with Crippen LogP contribution < -0.4 is 0 Å². The van der Waals surface area contributed by atoms with Crippen LogP contribution in [0.4, 0.5) is 0 Å². The average Bonchev–Trinajstić information content (AvgIpc) is 2.54. The maximum Gasteiger partial charge on any atom is 0.0598 e. The van der Waals surface area contributed by atoms with Crippen molar-refractivity contribution in [3.8, 4) is 0 Å². The number of ether oxygens (including phenoxy) is 1. The third kappa shape index (κ3) is 5.64. The lowest BCUT2D eigenvalue weighted by Crippen LogP contribution is -2.19. The minimum Gasteiger partial charge on any atom is -0.376 e. The van der Waals surface area contributed by atoms with Gasteiger partial charge in [0.25, 0.3) is 0 Å². The molecule has 0 spiro atoms. The Labute approximate surface area is 89.2 Å². The second kappa shape index (κ2) is 5.75. The van der Waals surface area contributed by atoms with Crippen molar-refractivity contribution in [2.45, 2.75) is 71.3 Å². The summed E-state index contributed by atoms with van der Waals surface area (Å²) in [5.74, 6) is 1.05. The van der Waals surface area contributed by atoms with Crippen LogP contribution in [0.5, 0.6) is 0 Å². The van der Waals surface area contributed by atoms with E-state index in [1.165, 1.54) is 44.9 Å². The molecule has 0 aromatic carbocycles. The second-order valence-electron chi connectivity index (χ2n) is 5.61. The molecular weight excluding hydrogens is 172 g/mol. The fourth-order valence-electron chi connectivity index (χ4n) is 2.21. The summed E-state index contributed by atoms with van der Waals surface area (Å²) >= 11 is 0. The van der Waals surface area contributed by atoms with Crippen LogP contribution in [-0.2, 0) is 4.74 Å². The molecular formula is C13H26O. The van der Waals surface area contributed by atoms with Crippen LogP contribution in [0.3, 0.4) is 0 Å². The van der Waals surface area contributed by atoms with Gasteiger partial charge in [-0.15, -0.1) is 0 Å². The van der Waals surface area contributed by atoms with Crippen LogP contribution in [0.25, 0.3) is 0 Å². The molecule has 1 heteroatoms. The van der Waals surface area contributed by atoms with Crippen molar-refractivity contribution < 1.29 is 4.74 Å². The fraction of sp³-hybridized carbons (Fsp3) is 1.00. The standard InChI is InChI=1S/C13H26O/c1-13(2,3)14-11-7-6-10-12-8-4-5-9-12/h12H,4-11H2,1-3H3. The molecule has 0 heterocycles. The van der Waals surface area contributed by atoms with Crippen LogP contribution in [0.2, 0.25) is 0 Å². The molecule has 1 aliphatic carbocycles. The lowest BCUT2D eigenvalue weighted by atomic mass is 10.0. The zero-order valence-electron chi connectivity index (χ0n) is 10.1. The Morgan fingerprint density at radius 1 is 1.07 bits per heavy atom. The van der Waals surface area contributed by atoms with Crippen LogP contribution in [-0.4, -0.2) is 12.2 Å². The number of hydrogen-bond acceptors (Lipinski definition) is 1. The summed E-state index contributed by atoms with van der Waals surface area (Å²) in [6, 6.07) is 0. The van der Waals surface area contributed by atoms with Crippen molar-refractivity contribution in [1.29, 1.82) is 0 Å². The summed E-state index contributed by atoms with van der Waals surface area (Å²) in [4.78, 5) is 0. The average molecular weight is 198 g/mol. The maximum absolute atomic E-state index is 5.69. The molecule has 0 saturated heterocycles. The maximum atomic E-state index is 5.69. The molecule has 0 amide bonds. The second-order valence-corrected chi connectivity index (χ2v) is 5.61. The molecule has 0 atom stereocenters. The van der Waals surface area contributed by atoms with E-state index in [1.807, 2.05) is 0 Å². The highest BCUT2D eigenvalue weighted by Gasteiger charge is 2.14. The smallest absolute Gasteiger partial charge is 0.0598 e. The Bertz CT molecular complexity index is 140. The van der Waals surface area contributed by atoms with E-state index < -0.39 is 0 Å². The molecule has 0 aliphatic heterocycles. The molecule has 0 aromatic heterocycles. The minimum absolute atomic E-state index is 0.0490. The Kier molecular flexibility index (Phi) is 4.94. The molecule has 1 rings (SSSR count). The van der Waals surface area contributed by atoms with Gasteiger partial charge in [-0.05, 0) is 33.1 Å². The first-order valence-corrected chi connectivity index (χ1v) is 6.22. The van der Waals surface area contributed by atoms with Gasteiger partial charge in [-0.2, -0.15) is 0 Å². The number of hydrogen-bond donors (Lipinski definition) is 0. The Hall–Kier alpha value is -0.0400. The largest absolute Gasteiger partial charge is 0.376 e. The lowest BCUT2D eigenvalue weighted by Gasteiger charge is -2.19. The van der Waals surface area contributed by atoms with Gasteiger partial charge >= 0.3 is 0 Å². The highest BCUT2D eigenvalue weighted by molar-refractivity contribution is 4.67. The lowest BCUT2D eigenvalue weighted by molar-refractivity contribution is -0.00500. The molecule has 1 saturated carbocycles. The van der Waals surface area contributed by atoms with Crippen molar-refractivity contribution in [3.05, 3.63) is 0 Å². The van der Waals surface area contributed by atoms with Gasteiger partial charge < -0.3 is 4.74 Å². The van der Waals surface area contributed by atoms with Crippen molar-refractivity contribution >= 4 is 0 Å². The predicted molar refractivity (Wildman–Crippen MR) is 61.5 cm³/mol. The fourth-order valence-corrected chi connectivity index (χ4v) is 2.21. The zero-order chi connectivity index (χ0) is 10.4. The summed E-state index contributed by atoms with van der Waals surface area (Å²) in [6.07, 6.45) is 9.97. The van der Waals surface area contributed by atoms with Gasteiger partial charge in [0.15, 0.2) is 0 Å². The third-order valence-corrected chi connectivity index (χ3v) is 3.02. The van der Waals surface area contributed by atoms with Crippen LogP contribution in [0, 0.1) is 5.92 Å². The normalized spacial score (nSPS) is 19.1. The van der Waals surface area contributed by atoms with Crippen LogP contribution in [0.15, 0.2) is 0 Å². The Morgan fingerprint density at radius 3 is 2.29 bits per heavy atom. The summed E-state index contributed by atoms with van der Waals surface area (Å²) in [5.41, 5.74) is 0.0490. The van der Waals surface area contributed by atoms with Gasteiger partial charge in [0, 0.05) is 6.61 Å². The minimum atomic E-state index is 0.0490. The molecule has 0 N–H and O–H groups in total. The summed E-state index contributed by atoms with van der Waals surface area (Å²) < 4.78 is 5.69. The highest BCUT2D eigenvalue weighted by atomic mass is 16.5. The van der Waals surface area contributed by atoms with Gasteiger partial charge in [-0.25, -0.2) is 0 Å². The quantitative estimate of drug-likeness (QED) is 0.603. The van der Waals surface area contributed by atoms with Crippen molar-refractivity contribution in [2.75, 3.05) is 6.61 Å². The molecule has 84 valence electrons. The summed E-state index contributed by atoms with van der Waals surface area (Å²) in [6.45, 7) is 7.33. The summed E-state index contributed by atoms with van der Waals surface area (Å²) in [5, 5.41) is 0. The Morgan fingerprint density at radius 2 is 1.71 bits per heavy atom. The highest BCUT2D eigenvalue weighted by Crippen LogP contribution is 2.28. The van der Waals surface area contributed by atoms with E-state index in [0.29, 0.717) is 0 Å². The van der Waals surface area contributed by atoms with E-state index in [2.05, 4.69) is 20.8 Å². The van der Waals surface area contributed by atoms with Gasteiger partial charge in [0.1, 0.15) is 0 Å². The molecule has 0 aromatic rings. The van der Waals surface area contributed by atoms with Gasteiger partial charge in [0.2, 0.25) is 0 Å². The van der Waals surface area contributed by atoms with Crippen molar-refractivity contribution in [1.82, 2.24) is 0 Å². The molecule has 1 aliphatic rings. The van der Waals surface area contributed by atoms with Crippen LogP contribution >= 0.6 is 0 Å². The molecule has 0 unspecified atom stereocenters. The molecule has 14 heavy (non-hydrogen) atoms. The van der Waals surface area contributed by atoms with Gasteiger partial charge in [-0.1, -0.05) is 38.5 Å². The first-order valence-electron chi connectivity index (χ1n) is 6.22. The topological polar surface area (TPSA) is 9.23 Å². The van der Waals surface area contributed by atoms with Gasteiger partial charge in [0.05, 0.1) is 5.60 Å². The summed E-state index contributed by atoms with van der Waals surface area (Å²) in [7, 11) is 0. The predicted octanol–water partition coefficient (Wildman–Crippen LogP) is 4.16. The zero-order valence-corrected chi connectivity index (χ0v) is 10.1. The number of rotatable bonds is 5.